The normalized spacial score (nSPS) is 11.8. The summed E-state index contributed by atoms with van der Waals surface area (Å²) in [4.78, 5) is 33.9. The zero-order valence-corrected chi connectivity index (χ0v) is 20.6. The lowest BCUT2D eigenvalue weighted by Gasteiger charge is -2.17. The van der Waals surface area contributed by atoms with Crippen LogP contribution in [-0.4, -0.2) is 41.0 Å². The van der Waals surface area contributed by atoms with E-state index in [-0.39, 0.29) is 5.91 Å². The van der Waals surface area contributed by atoms with Gasteiger partial charge in [0, 0.05) is 46.1 Å². The van der Waals surface area contributed by atoms with Crippen molar-refractivity contribution in [1.29, 1.82) is 0 Å². The van der Waals surface area contributed by atoms with E-state index in [0.717, 1.165) is 38.6 Å². The third-order valence-electron chi connectivity index (χ3n) is 6.13. The summed E-state index contributed by atoms with van der Waals surface area (Å²) in [5.41, 5.74) is 6.83. The minimum Gasteiger partial charge on any atom is -0.337 e. The average Bonchev–Trinajstić information content (AvgIpc) is 3.52. The molecule has 0 bridgehead atoms. The van der Waals surface area contributed by atoms with Crippen LogP contribution in [0.4, 0.5) is 5.69 Å². The van der Waals surface area contributed by atoms with Gasteiger partial charge in [-0.05, 0) is 24.3 Å². The number of para-hydroxylation sites is 1. The van der Waals surface area contributed by atoms with Crippen molar-refractivity contribution in [2.75, 3.05) is 5.32 Å². The molecular formula is C28H24N8O. The number of benzene rings is 1. The smallest absolute Gasteiger partial charge is 0.229 e. The summed E-state index contributed by atoms with van der Waals surface area (Å²) >= 11 is 0. The van der Waals surface area contributed by atoms with Gasteiger partial charge in [-0.3, -0.25) is 24.8 Å². The van der Waals surface area contributed by atoms with Crippen molar-refractivity contribution in [3.63, 3.8) is 0 Å². The van der Waals surface area contributed by atoms with Gasteiger partial charge in [0.1, 0.15) is 5.69 Å². The molecule has 1 aromatic carbocycles. The third kappa shape index (κ3) is 4.20. The highest BCUT2D eigenvalue weighted by Crippen LogP contribution is 2.32. The van der Waals surface area contributed by atoms with E-state index in [9.17, 15) is 4.79 Å². The van der Waals surface area contributed by atoms with Gasteiger partial charge in [0.15, 0.2) is 5.82 Å². The highest BCUT2D eigenvalue weighted by Gasteiger charge is 2.21. The molecule has 37 heavy (non-hydrogen) atoms. The van der Waals surface area contributed by atoms with E-state index in [1.54, 1.807) is 24.8 Å². The van der Waals surface area contributed by atoms with Gasteiger partial charge in [0.25, 0.3) is 0 Å². The quantitative estimate of drug-likeness (QED) is 0.296. The Balaban J connectivity index is 1.40. The summed E-state index contributed by atoms with van der Waals surface area (Å²) in [6.45, 7) is 5.61. The van der Waals surface area contributed by atoms with Crippen LogP contribution < -0.4 is 5.32 Å². The van der Waals surface area contributed by atoms with E-state index in [1.807, 2.05) is 69.4 Å². The molecule has 1 amide bonds. The summed E-state index contributed by atoms with van der Waals surface area (Å²) in [5, 5.41) is 11.4. The first-order chi connectivity index (χ1) is 17.9. The highest BCUT2D eigenvalue weighted by molar-refractivity contribution is 5.98. The molecule has 0 aliphatic heterocycles. The molecule has 5 aromatic heterocycles. The summed E-state index contributed by atoms with van der Waals surface area (Å²) in [5.74, 6) is 0.571. The number of amides is 1. The van der Waals surface area contributed by atoms with E-state index in [4.69, 9.17) is 4.98 Å². The maximum atomic E-state index is 12.4. The largest absolute Gasteiger partial charge is 0.337 e. The third-order valence-corrected chi connectivity index (χ3v) is 6.13. The van der Waals surface area contributed by atoms with Gasteiger partial charge in [-0.2, -0.15) is 5.10 Å². The first-order valence-corrected chi connectivity index (χ1v) is 11.9. The molecule has 0 saturated heterocycles. The van der Waals surface area contributed by atoms with Crippen molar-refractivity contribution in [1.82, 2.24) is 35.1 Å². The van der Waals surface area contributed by atoms with Crippen LogP contribution in [0.1, 0.15) is 20.8 Å². The highest BCUT2D eigenvalue weighted by atomic mass is 16.2. The van der Waals surface area contributed by atoms with Gasteiger partial charge in [-0.15, -0.1) is 0 Å². The van der Waals surface area contributed by atoms with E-state index in [2.05, 4.69) is 35.5 Å². The van der Waals surface area contributed by atoms with Crippen molar-refractivity contribution >= 4 is 33.5 Å². The zero-order valence-electron chi connectivity index (χ0n) is 20.6. The van der Waals surface area contributed by atoms with Crippen LogP contribution in [0.15, 0.2) is 73.4 Å². The molecule has 0 saturated carbocycles. The molecule has 3 N–H and O–H groups in total. The number of hydrogen-bond donors (Lipinski definition) is 3. The minimum atomic E-state index is -0.512. The molecule has 9 heteroatoms. The van der Waals surface area contributed by atoms with Gasteiger partial charge < -0.3 is 10.3 Å². The average molecular weight is 489 g/mol. The molecule has 0 radical (unpaired) electrons. The SMILES string of the molecule is CC(C)(C)C(=O)Nc1cncc(-c2cc3c(-c4nc5c(-c6cccnc6)cccc5[nH]4)n[nH]c3cn2)c1. The molecule has 9 nitrogen and oxygen atoms in total. The Kier molecular flexibility index (Phi) is 5.26. The van der Waals surface area contributed by atoms with E-state index in [0.29, 0.717) is 22.9 Å². The number of rotatable bonds is 4. The Bertz CT molecular complexity index is 1760. The fourth-order valence-electron chi connectivity index (χ4n) is 4.12. The number of pyridine rings is 3. The summed E-state index contributed by atoms with van der Waals surface area (Å²) in [7, 11) is 0. The van der Waals surface area contributed by atoms with Crippen molar-refractivity contribution in [3.8, 4) is 33.9 Å². The molecular weight excluding hydrogens is 464 g/mol. The number of anilines is 1. The minimum absolute atomic E-state index is 0.0810. The Labute approximate surface area is 212 Å². The number of H-pyrrole nitrogens is 2. The standard InChI is InChI=1S/C28H24N8O/c1-28(2,3)27(37)32-18-10-17(13-30-14-18)22-11-20-23(15-31-22)35-36-25(20)26-33-21-8-4-7-19(24(21)34-26)16-6-5-9-29-12-16/h4-15H,1-3H3,(H,32,37)(H,33,34)(H,35,36). The van der Waals surface area contributed by atoms with Crippen LogP contribution in [0.2, 0.25) is 0 Å². The number of aromatic amines is 2. The molecule has 0 fully saturated rings. The predicted octanol–water partition coefficient (Wildman–Crippen LogP) is 5.61. The number of carbonyl (C=O) groups is 1. The van der Waals surface area contributed by atoms with Crippen molar-refractivity contribution in [2.24, 2.45) is 5.41 Å². The Morgan fingerprint density at radius 1 is 0.919 bits per heavy atom. The molecule has 182 valence electrons. The molecule has 6 aromatic rings. The van der Waals surface area contributed by atoms with Crippen LogP contribution >= 0.6 is 0 Å². The number of fused-ring (bicyclic) bond motifs is 2. The number of nitrogens with zero attached hydrogens (tertiary/aromatic N) is 5. The second-order valence-electron chi connectivity index (χ2n) is 9.88. The van der Waals surface area contributed by atoms with Gasteiger partial charge in [-0.25, -0.2) is 4.98 Å². The van der Waals surface area contributed by atoms with Gasteiger partial charge in [-0.1, -0.05) is 39.0 Å². The second-order valence-corrected chi connectivity index (χ2v) is 9.88. The summed E-state index contributed by atoms with van der Waals surface area (Å²) < 4.78 is 0. The molecule has 5 heterocycles. The number of aromatic nitrogens is 7. The summed E-state index contributed by atoms with van der Waals surface area (Å²) in [6, 6.07) is 13.8. The van der Waals surface area contributed by atoms with E-state index in [1.165, 1.54) is 0 Å². The topological polar surface area (TPSA) is 125 Å². The summed E-state index contributed by atoms with van der Waals surface area (Å²) in [6.07, 6.45) is 8.68. The van der Waals surface area contributed by atoms with Gasteiger partial charge >= 0.3 is 0 Å². The van der Waals surface area contributed by atoms with Crippen molar-refractivity contribution < 1.29 is 4.79 Å². The predicted molar refractivity (Wildman–Crippen MR) is 144 cm³/mol. The Morgan fingerprint density at radius 3 is 2.59 bits per heavy atom. The van der Waals surface area contributed by atoms with Gasteiger partial charge in [0.05, 0.1) is 40.3 Å². The lowest BCUT2D eigenvalue weighted by molar-refractivity contribution is -0.123. The molecule has 0 aliphatic carbocycles. The number of imidazole rings is 1. The molecule has 6 rings (SSSR count). The van der Waals surface area contributed by atoms with Crippen molar-refractivity contribution in [2.45, 2.75) is 20.8 Å². The van der Waals surface area contributed by atoms with Crippen LogP contribution in [0, 0.1) is 5.41 Å². The lowest BCUT2D eigenvalue weighted by Crippen LogP contribution is -2.27. The van der Waals surface area contributed by atoms with E-state index >= 15 is 0 Å². The Hall–Kier alpha value is -4.92. The van der Waals surface area contributed by atoms with Gasteiger partial charge in [0.2, 0.25) is 5.91 Å². The first-order valence-electron chi connectivity index (χ1n) is 11.9. The Morgan fingerprint density at radius 2 is 1.78 bits per heavy atom. The fourth-order valence-corrected chi connectivity index (χ4v) is 4.12. The number of carbonyl (C=O) groups excluding carboxylic acids is 1. The lowest BCUT2D eigenvalue weighted by atomic mass is 9.95. The van der Waals surface area contributed by atoms with Crippen molar-refractivity contribution in [3.05, 3.63) is 73.4 Å². The maximum Gasteiger partial charge on any atom is 0.229 e. The molecule has 0 spiro atoms. The fraction of sp³-hybridized carbons (Fsp3) is 0.143. The van der Waals surface area contributed by atoms with Crippen LogP contribution in [-0.2, 0) is 4.79 Å². The maximum absolute atomic E-state index is 12.4. The second kappa shape index (κ2) is 8.63. The number of nitrogens with one attached hydrogen (secondary N) is 3. The zero-order chi connectivity index (χ0) is 25.6. The molecule has 0 unspecified atom stereocenters. The first kappa shape index (κ1) is 22.5. The van der Waals surface area contributed by atoms with Crippen LogP contribution in [0.25, 0.3) is 55.8 Å². The molecule has 0 atom stereocenters. The van der Waals surface area contributed by atoms with Crippen LogP contribution in [0.5, 0.6) is 0 Å². The van der Waals surface area contributed by atoms with E-state index < -0.39 is 5.41 Å². The monoisotopic (exact) mass is 488 g/mol. The van der Waals surface area contributed by atoms with Crippen LogP contribution in [0.3, 0.4) is 0 Å². The molecule has 0 aliphatic rings. The number of hydrogen-bond acceptors (Lipinski definition) is 6.